The largest absolute Gasteiger partial charge is 0.490 e. The average molecular weight is 589 g/mol. The zero-order valence-corrected chi connectivity index (χ0v) is 24.5. The van der Waals surface area contributed by atoms with E-state index in [1.54, 1.807) is 10.6 Å². The van der Waals surface area contributed by atoms with Crippen molar-refractivity contribution in [3.05, 3.63) is 125 Å². The number of fused-ring (bicyclic) bond motifs is 1. The van der Waals surface area contributed by atoms with Gasteiger partial charge in [-0.05, 0) is 48.7 Å². The van der Waals surface area contributed by atoms with Gasteiger partial charge in [0.25, 0.3) is 5.56 Å². The van der Waals surface area contributed by atoms with Gasteiger partial charge in [0.05, 0.1) is 35.6 Å². The molecule has 0 bridgehead atoms. The molecule has 0 fully saturated rings. The van der Waals surface area contributed by atoms with Gasteiger partial charge in [0.15, 0.2) is 16.3 Å². The molecule has 0 radical (unpaired) electrons. The molecule has 210 valence electrons. The summed E-state index contributed by atoms with van der Waals surface area (Å²) in [5.41, 5.74) is 3.18. The standard InChI is InChI=1S/C32H29ClN2O5S/c1-4-24-28(31(37)38-3)29(21-11-7-6-8-12-21)35-30(36)27(41-32(35)34-24)18-20-15-16-25(26(17-20)39-5-2)40-19-22-13-9-10-14-23(22)33/h6-18,29H,4-5,19H2,1-3H3/b27-18-/t29-/m1/s1. The number of ether oxygens (including phenoxy) is 3. The SMILES string of the molecule is CCOc1cc(/C=c2\sc3n(c2=O)[C@H](c2ccccc2)C(C(=O)OC)=C(CC)N=3)ccc1OCc1ccccc1Cl. The first-order chi connectivity index (χ1) is 19.9. The number of methoxy groups -OCH3 is 1. The van der Waals surface area contributed by atoms with Crippen molar-refractivity contribution >= 4 is 35.0 Å². The highest BCUT2D eigenvalue weighted by molar-refractivity contribution is 7.07. The summed E-state index contributed by atoms with van der Waals surface area (Å²) in [4.78, 5) is 32.1. The molecule has 3 aromatic carbocycles. The Balaban J connectivity index is 1.57. The van der Waals surface area contributed by atoms with E-state index in [2.05, 4.69) is 0 Å². The minimum Gasteiger partial charge on any atom is -0.490 e. The number of benzene rings is 3. The minimum atomic E-state index is -0.642. The molecule has 4 aromatic rings. The number of thiazole rings is 1. The molecular formula is C32H29ClN2O5S. The van der Waals surface area contributed by atoms with Gasteiger partial charge in [-0.2, -0.15) is 0 Å². The second-order valence-electron chi connectivity index (χ2n) is 9.22. The van der Waals surface area contributed by atoms with Crippen molar-refractivity contribution in [3.8, 4) is 11.5 Å². The average Bonchev–Trinajstić information content (AvgIpc) is 3.30. The van der Waals surface area contributed by atoms with Crippen LogP contribution < -0.4 is 24.4 Å². The summed E-state index contributed by atoms with van der Waals surface area (Å²) in [6.07, 6.45) is 2.33. The first kappa shape index (κ1) is 28.4. The van der Waals surface area contributed by atoms with Crippen molar-refractivity contribution in [2.45, 2.75) is 32.9 Å². The van der Waals surface area contributed by atoms with E-state index in [0.717, 1.165) is 16.7 Å². The van der Waals surface area contributed by atoms with E-state index < -0.39 is 12.0 Å². The normalized spacial score (nSPS) is 14.8. The van der Waals surface area contributed by atoms with Gasteiger partial charge < -0.3 is 14.2 Å². The molecule has 0 amide bonds. The first-order valence-corrected chi connectivity index (χ1v) is 14.5. The smallest absolute Gasteiger partial charge is 0.338 e. The molecule has 0 saturated carbocycles. The molecule has 0 aliphatic carbocycles. The molecule has 2 heterocycles. The summed E-state index contributed by atoms with van der Waals surface area (Å²) in [5, 5.41) is 0.632. The van der Waals surface area contributed by atoms with Gasteiger partial charge in [-0.15, -0.1) is 0 Å². The number of carbonyl (C=O) groups excluding carboxylic acids is 1. The Labute approximate surface area is 246 Å². The van der Waals surface area contributed by atoms with E-state index in [-0.39, 0.29) is 5.56 Å². The molecule has 1 aliphatic rings. The maximum absolute atomic E-state index is 13.9. The molecule has 0 saturated heterocycles. The summed E-state index contributed by atoms with van der Waals surface area (Å²) in [7, 11) is 1.34. The lowest BCUT2D eigenvalue weighted by Crippen LogP contribution is -2.40. The Morgan fingerprint density at radius 1 is 1.02 bits per heavy atom. The van der Waals surface area contributed by atoms with E-state index in [4.69, 9.17) is 30.8 Å². The maximum atomic E-state index is 13.9. The van der Waals surface area contributed by atoms with Crippen molar-refractivity contribution in [2.75, 3.05) is 13.7 Å². The van der Waals surface area contributed by atoms with Crippen LogP contribution in [0.1, 0.15) is 43.0 Å². The second-order valence-corrected chi connectivity index (χ2v) is 10.6. The molecular weight excluding hydrogens is 560 g/mol. The predicted octanol–water partition coefficient (Wildman–Crippen LogP) is 5.43. The fourth-order valence-electron chi connectivity index (χ4n) is 4.74. The third-order valence-corrected chi connectivity index (χ3v) is 8.02. The number of halogens is 1. The van der Waals surface area contributed by atoms with E-state index in [9.17, 15) is 9.59 Å². The quantitative estimate of drug-likeness (QED) is 0.244. The van der Waals surface area contributed by atoms with Crippen molar-refractivity contribution in [3.63, 3.8) is 0 Å². The van der Waals surface area contributed by atoms with Gasteiger partial charge >= 0.3 is 5.97 Å². The van der Waals surface area contributed by atoms with Crippen LogP contribution >= 0.6 is 22.9 Å². The molecule has 0 spiro atoms. The second kappa shape index (κ2) is 12.6. The maximum Gasteiger partial charge on any atom is 0.338 e. The van der Waals surface area contributed by atoms with Gasteiger partial charge in [0, 0.05) is 10.6 Å². The summed E-state index contributed by atoms with van der Waals surface area (Å²) < 4.78 is 19.1. The third-order valence-electron chi connectivity index (χ3n) is 6.67. The molecule has 0 unspecified atom stereocenters. The number of hydrogen-bond donors (Lipinski definition) is 0. The first-order valence-electron chi connectivity index (χ1n) is 13.3. The van der Waals surface area contributed by atoms with Crippen molar-refractivity contribution in [1.82, 2.24) is 4.57 Å². The lowest BCUT2D eigenvalue weighted by atomic mass is 9.95. The van der Waals surface area contributed by atoms with Crippen molar-refractivity contribution < 1.29 is 19.0 Å². The zero-order valence-electron chi connectivity index (χ0n) is 22.9. The number of carbonyl (C=O) groups is 1. The Morgan fingerprint density at radius 3 is 2.49 bits per heavy atom. The van der Waals surface area contributed by atoms with Crippen LogP contribution in [0.5, 0.6) is 11.5 Å². The van der Waals surface area contributed by atoms with Crippen LogP contribution in [0.2, 0.25) is 5.02 Å². The molecule has 1 aliphatic heterocycles. The fourth-order valence-corrected chi connectivity index (χ4v) is 5.95. The number of esters is 1. The van der Waals surface area contributed by atoms with Gasteiger partial charge in [0.2, 0.25) is 0 Å². The van der Waals surface area contributed by atoms with E-state index >= 15 is 0 Å². The molecule has 1 aromatic heterocycles. The molecule has 0 N–H and O–H groups in total. The van der Waals surface area contributed by atoms with Crippen LogP contribution in [-0.4, -0.2) is 24.3 Å². The van der Waals surface area contributed by atoms with Crippen molar-refractivity contribution in [2.24, 2.45) is 4.99 Å². The summed E-state index contributed by atoms with van der Waals surface area (Å²) in [5.74, 6) is 0.636. The van der Waals surface area contributed by atoms with Crippen LogP contribution in [-0.2, 0) is 16.1 Å². The van der Waals surface area contributed by atoms with E-state index in [1.165, 1.54) is 18.4 Å². The summed E-state index contributed by atoms with van der Waals surface area (Å²) in [6, 6.07) is 21.9. The lowest BCUT2D eigenvalue weighted by molar-refractivity contribution is -0.136. The molecule has 1 atom stereocenters. The van der Waals surface area contributed by atoms with Gasteiger partial charge in [-0.3, -0.25) is 9.36 Å². The monoisotopic (exact) mass is 588 g/mol. The zero-order chi connectivity index (χ0) is 28.9. The van der Waals surface area contributed by atoms with Crippen molar-refractivity contribution in [1.29, 1.82) is 0 Å². The van der Waals surface area contributed by atoms with Gasteiger partial charge in [-0.25, -0.2) is 9.79 Å². The third kappa shape index (κ3) is 5.85. The number of aromatic nitrogens is 1. The Bertz CT molecular complexity index is 1790. The highest BCUT2D eigenvalue weighted by Gasteiger charge is 2.33. The van der Waals surface area contributed by atoms with Crippen LogP contribution in [0, 0.1) is 0 Å². The number of hydrogen-bond acceptors (Lipinski definition) is 7. The molecule has 9 heteroatoms. The van der Waals surface area contributed by atoms with Crippen LogP contribution in [0.25, 0.3) is 6.08 Å². The van der Waals surface area contributed by atoms with Gasteiger partial charge in [0.1, 0.15) is 6.61 Å². The van der Waals surface area contributed by atoms with Crippen LogP contribution in [0.3, 0.4) is 0 Å². The van der Waals surface area contributed by atoms with E-state index in [0.29, 0.717) is 56.8 Å². The Kier molecular flexibility index (Phi) is 8.71. The van der Waals surface area contributed by atoms with Gasteiger partial charge in [-0.1, -0.05) is 84.5 Å². The number of allylic oxidation sites excluding steroid dienone is 1. The van der Waals surface area contributed by atoms with Crippen LogP contribution in [0.15, 0.2) is 93.9 Å². The number of nitrogens with zero attached hydrogens (tertiary/aromatic N) is 2. The van der Waals surface area contributed by atoms with Crippen LogP contribution in [0.4, 0.5) is 0 Å². The molecule has 5 rings (SSSR count). The highest BCUT2D eigenvalue weighted by Crippen LogP contribution is 2.32. The number of rotatable bonds is 9. The highest BCUT2D eigenvalue weighted by atomic mass is 35.5. The summed E-state index contributed by atoms with van der Waals surface area (Å²) in [6.45, 7) is 4.57. The lowest BCUT2D eigenvalue weighted by Gasteiger charge is -2.25. The Hall–Kier alpha value is -4.14. The molecule has 41 heavy (non-hydrogen) atoms. The predicted molar refractivity (Wildman–Crippen MR) is 160 cm³/mol. The van der Waals surface area contributed by atoms with E-state index in [1.807, 2.05) is 86.6 Å². The topological polar surface area (TPSA) is 79.1 Å². The Morgan fingerprint density at radius 2 is 1.78 bits per heavy atom. The fraction of sp³-hybridized carbons (Fsp3) is 0.219. The minimum absolute atomic E-state index is 0.240. The molecule has 7 nitrogen and oxygen atoms in total. The summed E-state index contributed by atoms with van der Waals surface area (Å²) >= 11 is 7.57.